The average Bonchev–Trinajstić information content (AvgIpc) is 3.26. The average molecular weight is 425 g/mol. The van der Waals surface area contributed by atoms with Gasteiger partial charge in [-0.25, -0.2) is 4.98 Å². The van der Waals surface area contributed by atoms with E-state index in [2.05, 4.69) is 85.0 Å². The van der Waals surface area contributed by atoms with Crippen LogP contribution in [0.5, 0.6) is 5.75 Å². The van der Waals surface area contributed by atoms with Gasteiger partial charge in [-0.2, -0.15) is 0 Å². The summed E-state index contributed by atoms with van der Waals surface area (Å²) in [6.45, 7) is 2.99. The Morgan fingerprint density at radius 2 is 1.74 bits per heavy atom. The zero-order valence-electron chi connectivity index (χ0n) is 17.6. The van der Waals surface area contributed by atoms with Crippen molar-refractivity contribution in [3.8, 4) is 16.3 Å². The molecule has 1 N–H and O–H groups in total. The lowest BCUT2D eigenvalue weighted by Crippen LogP contribution is -2.18. The van der Waals surface area contributed by atoms with Gasteiger partial charge in [0.1, 0.15) is 10.8 Å². The van der Waals surface area contributed by atoms with Gasteiger partial charge in [-0.3, -0.25) is 0 Å². The van der Waals surface area contributed by atoms with Crippen LogP contribution in [0.3, 0.4) is 0 Å². The Kier molecular flexibility index (Phi) is 5.41. The molecule has 154 valence electrons. The first-order valence-corrected chi connectivity index (χ1v) is 11.3. The summed E-state index contributed by atoms with van der Waals surface area (Å²) in [6.07, 6.45) is 0. The summed E-state index contributed by atoms with van der Waals surface area (Å²) < 4.78 is 6.83. The SMILES string of the molecule is COc1ccc(CN[C@H](C)c2cccc3ccccc23)cc1-c1nc2ccccc2s1. The second-order valence-electron chi connectivity index (χ2n) is 7.69. The van der Waals surface area contributed by atoms with Gasteiger partial charge in [0, 0.05) is 12.6 Å². The topological polar surface area (TPSA) is 34.1 Å². The van der Waals surface area contributed by atoms with E-state index in [1.165, 1.54) is 26.6 Å². The number of aromatic nitrogens is 1. The summed E-state index contributed by atoms with van der Waals surface area (Å²) >= 11 is 1.70. The van der Waals surface area contributed by atoms with Crippen molar-refractivity contribution in [1.82, 2.24) is 10.3 Å². The summed E-state index contributed by atoms with van der Waals surface area (Å²) in [5.41, 5.74) is 4.60. The first kappa shape index (κ1) is 19.7. The molecule has 3 nitrogen and oxygen atoms in total. The molecule has 0 aliphatic carbocycles. The van der Waals surface area contributed by atoms with Crippen LogP contribution in [0.15, 0.2) is 84.9 Å². The maximum Gasteiger partial charge on any atom is 0.129 e. The van der Waals surface area contributed by atoms with E-state index < -0.39 is 0 Å². The Hall–Kier alpha value is -3.21. The number of benzene rings is 4. The lowest BCUT2D eigenvalue weighted by atomic mass is 9.99. The van der Waals surface area contributed by atoms with Gasteiger partial charge in [-0.05, 0) is 53.1 Å². The highest BCUT2D eigenvalue weighted by Crippen LogP contribution is 2.36. The highest BCUT2D eigenvalue weighted by molar-refractivity contribution is 7.21. The zero-order chi connectivity index (χ0) is 21.2. The molecule has 4 heteroatoms. The molecule has 5 aromatic rings. The Bertz CT molecular complexity index is 1320. The fourth-order valence-corrected chi connectivity index (χ4v) is 5.02. The van der Waals surface area contributed by atoms with Crippen LogP contribution >= 0.6 is 11.3 Å². The molecule has 0 aliphatic rings. The summed E-state index contributed by atoms with van der Waals surface area (Å²) in [7, 11) is 1.71. The molecular weight excluding hydrogens is 400 g/mol. The number of rotatable bonds is 6. The highest BCUT2D eigenvalue weighted by Gasteiger charge is 2.14. The number of fused-ring (bicyclic) bond motifs is 2. The number of hydrogen-bond donors (Lipinski definition) is 1. The Balaban J connectivity index is 1.41. The van der Waals surface area contributed by atoms with E-state index in [9.17, 15) is 0 Å². The monoisotopic (exact) mass is 424 g/mol. The summed E-state index contributed by atoms with van der Waals surface area (Å²) in [4.78, 5) is 4.83. The first-order chi connectivity index (χ1) is 15.2. The van der Waals surface area contributed by atoms with Crippen molar-refractivity contribution in [2.45, 2.75) is 19.5 Å². The number of methoxy groups -OCH3 is 1. The molecule has 1 atom stereocenters. The Labute approximate surface area is 186 Å². The predicted octanol–water partition coefficient (Wildman–Crippen LogP) is 6.98. The molecule has 0 amide bonds. The van der Waals surface area contributed by atoms with Crippen LogP contribution in [0, 0.1) is 0 Å². The van der Waals surface area contributed by atoms with Crippen molar-refractivity contribution < 1.29 is 4.74 Å². The molecule has 31 heavy (non-hydrogen) atoms. The minimum atomic E-state index is 0.235. The van der Waals surface area contributed by atoms with Crippen LogP contribution in [0.2, 0.25) is 0 Å². The van der Waals surface area contributed by atoms with E-state index in [4.69, 9.17) is 9.72 Å². The molecule has 0 fully saturated rings. The molecular formula is C27H24N2OS. The first-order valence-electron chi connectivity index (χ1n) is 10.5. The van der Waals surface area contributed by atoms with E-state index in [0.29, 0.717) is 0 Å². The second kappa shape index (κ2) is 8.50. The molecule has 4 aromatic carbocycles. The maximum absolute atomic E-state index is 5.64. The molecule has 1 heterocycles. The van der Waals surface area contributed by atoms with E-state index in [-0.39, 0.29) is 6.04 Å². The summed E-state index contributed by atoms with van der Waals surface area (Å²) in [6, 6.07) is 29.9. The van der Waals surface area contributed by atoms with E-state index >= 15 is 0 Å². The lowest BCUT2D eigenvalue weighted by Gasteiger charge is -2.17. The molecule has 0 bridgehead atoms. The molecule has 0 unspecified atom stereocenters. The van der Waals surface area contributed by atoms with Crippen molar-refractivity contribution in [3.05, 3.63) is 96.1 Å². The molecule has 5 rings (SSSR count). The number of hydrogen-bond acceptors (Lipinski definition) is 4. The number of ether oxygens (including phenoxy) is 1. The predicted molar refractivity (Wildman–Crippen MR) is 131 cm³/mol. The van der Waals surface area contributed by atoms with Crippen LogP contribution in [0.4, 0.5) is 0 Å². The highest BCUT2D eigenvalue weighted by atomic mass is 32.1. The normalized spacial score (nSPS) is 12.3. The van der Waals surface area contributed by atoms with Gasteiger partial charge in [-0.1, -0.05) is 60.7 Å². The Morgan fingerprint density at radius 3 is 2.61 bits per heavy atom. The maximum atomic E-state index is 5.64. The van der Waals surface area contributed by atoms with Gasteiger partial charge in [0.05, 0.1) is 22.9 Å². The third-order valence-corrected chi connectivity index (χ3v) is 6.76. The number of nitrogens with zero attached hydrogens (tertiary/aromatic N) is 1. The van der Waals surface area contributed by atoms with Gasteiger partial charge in [0.15, 0.2) is 0 Å². The van der Waals surface area contributed by atoms with Crippen molar-refractivity contribution in [3.63, 3.8) is 0 Å². The van der Waals surface area contributed by atoms with Crippen molar-refractivity contribution in [2.24, 2.45) is 0 Å². The molecule has 0 saturated heterocycles. The van der Waals surface area contributed by atoms with Crippen molar-refractivity contribution >= 4 is 32.3 Å². The van der Waals surface area contributed by atoms with Crippen LogP contribution in [-0.2, 0) is 6.54 Å². The molecule has 1 aromatic heterocycles. The molecule has 0 radical (unpaired) electrons. The second-order valence-corrected chi connectivity index (χ2v) is 8.72. The van der Waals surface area contributed by atoms with Crippen molar-refractivity contribution in [1.29, 1.82) is 0 Å². The van der Waals surface area contributed by atoms with Gasteiger partial charge < -0.3 is 10.1 Å². The minimum Gasteiger partial charge on any atom is -0.496 e. The smallest absolute Gasteiger partial charge is 0.129 e. The van der Waals surface area contributed by atoms with E-state index in [1.54, 1.807) is 18.4 Å². The number of para-hydroxylation sites is 1. The third kappa shape index (κ3) is 3.92. The van der Waals surface area contributed by atoms with Crippen LogP contribution in [0.1, 0.15) is 24.1 Å². The molecule has 0 spiro atoms. The van der Waals surface area contributed by atoms with E-state index in [0.717, 1.165) is 28.4 Å². The van der Waals surface area contributed by atoms with Crippen LogP contribution < -0.4 is 10.1 Å². The largest absolute Gasteiger partial charge is 0.496 e. The lowest BCUT2D eigenvalue weighted by molar-refractivity contribution is 0.416. The number of thiazole rings is 1. The van der Waals surface area contributed by atoms with Gasteiger partial charge in [0.25, 0.3) is 0 Å². The van der Waals surface area contributed by atoms with E-state index in [1.807, 2.05) is 12.1 Å². The number of nitrogens with one attached hydrogen (secondary N) is 1. The summed E-state index contributed by atoms with van der Waals surface area (Å²) in [5, 5.41) is 7.26. The quantitative estimate of drug-likeness (QED) is 0.319. The van der Waals surface area contributed by atoms with Gasteiger partial charge in [0.2, 0.25) is 0 Å². The standard InChI is InChI=1S/C27H24N2OS/c1-18(21-11-7-9-20-8-3-4-10-22(20)21)28-17-19-14-15-25(30-2)23(16-19)27-29-24-12-5-6-13-26(24)31-27/h3-16,18,28H,17H2,1-2H3/t18-/m1/s1. The summed E-state index contributed by atoms with van der Waals surface area (Å²) in [5.74, 6) is 0.852. The third-order valence-electron chi connectivity index (χ3n) is 5.69. The minimum absolute atomic E-state index is 0.235. The van der Waals surface area contributed by atoms with Gasteiger partial charge in [-0.15, -0.1) is 11.3 Å². The molecule has 0 aliphatic heterocycles. The zero-order valence-corrected chi connectivity index (χ0v) is 18.4. The molecule has 0 saturated carbocycles. The fourth-order valence-electron chi connectivity index (χ4n) is 4.03. The Morgan fingerprint density at radius 1 is 0.935 bits per heavy atom. The van der Waals surface area contributed by atoms with Crippen molar-refractivity contribution in [2.75, 3.05) is 7.11 Å². The van der Waals surface area contributed by atoms with Gasteiger partial charge >= 0.3 is 0 Å². The van der Waals surface area contributed by atoms with Crippen LogP contribution in [0.25, 0.3) is 31.6 Å². The fraction of sp³-hybridized carbons (Fsp3) is 0.148. The van der Waals surface area contributed by atoms with Crippen LogP contribution in [-0.4, -0.2) is 12.1 Å².